The third-order valence-corrected chi connectivity index (χ3v) is 10.2. The van der Waals surface area contributed by atoms with E-state index >= 15 is 0 Å². The normalized spacial score (nSPS) is 12.7. The zero-order valence-corrected chi connectivity index (χ0v) is 28.6. The molecule has 7 aromatic carbocycles. The summed E-state index contributed by atoms with van der Waals surface area (Å²) in [6, 6.07) is 62.0. The molecule has 0 unspecified atom stereocenters. The molecule has 242 valence electrons. The van der Waals surface area contributed by atoms with Crippen LogP contribution in [0.25, 0.3) is 78.7 Å². The monoisotopic (exact) mass is 653 g/mol. The van der Waals surface area contributed by atoms with Crippen molar-refractivity contribution in [1.82, 2.24) is 15.0 Å². The molecule has 0 amide bonds. The summed E-state index contributed by atoms with van der Waals surface area (Å²) in [7, 11) is 0. The van der Waals surface area contributed by atoms with Crippen LogP contribution in [0.3, 0.4) is 0 Å². The Hall–Kier alpha value is -6.45. The second-order valence-electron chi connectivity index (χ2n) is 13.7. The lowest BCUT2D eigenvalue weighted by Gasteiger charge is -2.21. The highest BCUT2D eigenvalue weighted by Gasteiger charge is 2.35. The lowest BCUT2D eigenvalue weighted by Crippen LogP contribution is -2.14. The van der Waals surface area contributed by atoms with Crippen LogP contribution in [0.4, 0.5) is 0 Å². The van der Waals surface area contributed by atoms with Crippen LogP contribution in [-0.2, 0) is 5.41 Å². The number of nitrogens with zero attached hydrogens (tertiary/aromatic N) is 3. The second-order valence-corrected chi connectivity index (χ2v) is 13.7. The smallest absolute Gasteiger partial charge is 0.164 e. The molecule has 51 heavy (non-hydrogen) atoms. The van der Waals surface area contributed by atoms with Crippen molar-refractivity contribution < 1.29 is 0 Å². The Kier molecular flexibility index (Phi) is 7.48. The topological polar surface area (TPSA) is 38.7 Å². The van der Waals surface area contributed by atoms with Crippen LogP contribution >= 0.6 is 0 Å². The first-order chi connectivity index (χ1) is 25.0. The van der Waals surface area contributed by atoms with E-state index < -0.39 is 0 Å². The van der Waals surface area contributed by atoms with Crippen molar-refractivity contribution in [3.8, 4) is 78.7 Å². The maximum atomic E-state index is 5.11. The first-order valence-corrected chi connectivity index (χ1v) is 17.4. The summed E-state index contributed by atoms with van der Waals surface area (Å²) in [6.07, 6.45) is 0. The molecule has 1 heterocycles. The van der Waals surface area contributed by atoms with Crippen LogP contribution in [0.1, 0.15) is 25.0 Å². The highest BCUT2D eigenvalue weighted by atomic mass is 15.0. The Morgan fingerprint density at radius 2 is 0.725 bits per heavy atom. The third-order valence-electron chi connectivity index (χ3n) is 10.2. The quantitative estimate of drug-likeness (QED) is 0.179. The number of hydrogen-bond acceptors (Lipinski definition) is 3. The van der Waals surface area contributed by atoms with Gasteiger partial charge in [-0.05, 0) is 67.8 Å². The molecule has 1 aliphatic carbocycles. The lowest BCUT2D eigenvalue weighted by atomic mass is 9.82. The summed E-state index contributed by atoms with van der Waals surface area (Å²) in [5.74, 6) is 1.93. The van der Waals surface area contributed by atoms with Crippen molar-refractivity contribution in [3.05, 3.63) is 187 Å². The largest absolute Gasteiger partial charge is 0.208 e. The Bertz CT molecular complexity index is 2520. The van der Waals surface area contributed by atoms with Crippen LogP contribution < -0.4 is 0 Å². The van der Waals surface area contributed by atoms with E-state index in [2.05, 4.69) is 153 Å². The average Bonchev–Trinajstić information content (AvgIpc) is 3.44. The summed E-state index contributed by atoms with van der Waals surface area (Å²) in [5.41, 5.74) is 15.1. The molecule has 1 aromatic heterocycles. The first kappa shape index (κ1) is 30.6. The molecule has 0 saturated heterocycles. The molecule has 1 aliphatic rings. The summed E-state index contributed by atoms with van der Waals surface area (Å²) in [5, 5.41) is 0. The van der Waals surface area contributed by atoms with E-state index in [0.29, 0.717) is 17.5 Å². The molecular formula is C48H35N3. The van der Waals surface area contributed by atoms with Gasteiger partial charge in [0.15, 0.2) is 17.5 Å². The number of rotatable bonds is 6. The van der Waals surface area contributed by atoms with Crippen molar-refractivity contribution in [2.45, 2.75) is 19.3 Å². The Labute approximate surface area is 299 Å². The van der Waals surface area contributed by atoms with Crippen molar-refractivity contribution in [1.29, 1.82) is 0 Å². The van der Waals surface area contributed by atoms with E-state index in [4.69, 9.17) is 15.0 Å². The van der Waals surface area contributed by atoms with E-state index in [-0.39, 0.29) is 5.41 Å². The third kappa shape index (κ3) is 5.53. The molecule has 0 spiro atoms. The molecule has 9 rings (SSSR count). The molecule has 0 N–H and O–H groups in total. The van der Waals surface area contributed by atoms with E-state index in [1.165, 1.54) is 38.9 Å². The number of aromatic nitrogens is 3. The predicted molar refractivity (Wildman–Crippen MR) is 210 cm³/mol. The van der Waals surface area contributed by atoms with E-state index in [9.17, 15) is 0 Å². The number of benzene rings is 7. The highest BCUT2D eigenvalue weighted by molar-refractivity contribution is 5.90. The second kappa shape index (κ2) is 12.5. The molecule has 3 heteroatoms. The molecule has 3 nitrogen and oxygen atoms in total. The van der Waals surface area contributed by atoms with Gasteiger partial charge in [-0.2, -0.15) is 0 Å². The highest BCUT2D eigenvalue weighted by Crippen LogP contribution is 2.50. The van der Waals surface area contributed by atoms with Crippen LogP contribution in [0.2, 0.25) is 0 Å². The molecular weight excluding hydrogens is 619 g/mol. The van der Waals surface area contributed by atoms with Crippen LogP contribution in [0.15, 0.2) is 176 Å². The minimum absolute atomic E-state index is 0.0364. The van der Waals surface area contributed by atoms with Gasteiger partial charge in [-0.25, -0.2) is 15.0 Å². The SMILES string of the molecule is CC1(C)c2ccccc2-c2cc(-c3ccc(-c4nc(-c5ccccc5)nc(-c5ccc(-c6ccccc6)cc5)n4)cc3-c3ccccc3)ccc21. The predicted octanol–water partition coefficient (Wildman–Crippen LogP) is 12.2. The lowest BCUT2D eigenvalue weighted by molar-refractivity contribution is 0.660. The molecule has 0 atom stereocenters. The van der Waals surface area contributed by atoms with Gasteiger partial charge in [0.1, 0.15) is 0 Å². The Morgan fingerprint density at radius 3 is 1.39 bits per heavy atom. The number of hydrogen-bond donors (Lipinski definition) is 0. The summed E-state index contributed by atoms with van der Waals surface area (Å²) in [4.78, 5) is 15.2. The van der Waals surface area contributed by atoms with Gasteiger partial charge in [-0.15, -0.1) is 0 Å². The average molecular weight is 654 g/mol. The van der Waals surface area contributed by atoms with E-state index in [1.54, 1.807) is 0 Å². The van der Waals surface area contributed by atoms with Gasteiger partial charge in [-0.3, -0.25) is 0 Å². The minimum atomic E-state index is -0.0364. The van der Waals surface area contributed by atoms with Crippen molar-refractivity contribution in [3.63, 3.8) is 0 Å². The maximum Gasteiger partial charge on any atom is 0.164 e. The molecule has 0 bridgehead atoms. The van der Waals surface area contributed by atoms with Gasteiger partial charge in [-0.1, -0.05) is 178 Å². The first-order valence-electron chi connectivity index (χ1n) is 17.4. The van der Waals surface area contributed by atoms with Gasteiger partial charge in [0, 0.05) is 22.1 Å². The standard InChI is InChI=1S/C48H35N3/c1-48(2)43-21-13-12-20-40(43)42-30-37(27-29-44(42)48)39-28-26-38(31-41(39)34-16-8-4-9-17-34)47-50-45(35-18-10-5-11-19-35)49-46(51-47)36-24-22-33(23-25-36)32-14-6-3-7-15-32/h3-31H,1-2H3. The van der Waals surface area contributed by atoms with Gasteiger partial charge < -0.3 is 0 Å². The molecule has 0 saturated carbocycles. The summed E-state index contributed by atoms with van der Waals surface area (Å²) in [6.45, 7) is 4.65. The van der Waals surface area contributed by atoms with E-state index in [1.807, 2.05) is 36.4 Å². The van der Waals surface area contributed by atoms with Crippen molar-refractivity contribution in [2.24, 2.45) is 0 Å². The molecule has 8 aromatic rings. The minimum Gasteiger partial charge on any atom is -0.208 e. The van der Waals surface area contributed by atoms with Gasteiger partial charge in [0.2, 0.25) is 0 Å². The maximum absolute atomic E-state index is 5.11. The summed E-state index contributed by atoms with van der Waals surface area (Å²) >= 11 is 0. The zero-order chi connectivity index (χ0) is 34.4. The van der Waals surface area contributed by atoms with E-state index in [0.717, 1.165) is 33.4 Å². The van der Waals surface area contributed by atoms with Crippen molar-refractivity contribution in [2.75, 3.05) is 0 Å². The molecule has 0 aliphatic heterocycles. The molecule has 0 fully saturated rings. The van der Waals surface area contributed by atoms with Crippen LogP contribution in [-0.4, -0.2) is 15.0 Å². The number of fused-ring (bicyclic) bond motifs is 3. The van der Waals surface area contributed by atoms with Crippen LogP contribution in [0, 0.1) is 0 Å². The van der Waals surface area contributed by atoms with Gasteiger partial charge in [0.25, 0.3) is 0 Å². The summed E-state index contributed by atoms with van der Waals surface area (Å²) < 4.78 is 0. The molecule has 0 radical (unpaired) electrons. The Morgan fingerprint density at radius 1 is 0.294 bits per heavy atom. The fourth-order valence-electron chi connectivity index (χ4n) is 7.47. The fraction of sp³-hybridized carbons (Fsp3) is 0.0625. The van der Waals surface area contributed by atoms with Crippen molar-refractivity contribution >= 4 is 0 Å². The fourth-order valence-corrected chi connectivity index (χ4v) is 7.47. The zero-order valence-electron chi connectivity index (χ0n) is 28.6. The van der Waals surface area contributed by atoms with Gasteiger partial charge in [0.05, 0.1) is 0 Å². The van der Waals surface area contributed by atoms with Gasteiger partial charge >= 0.3 is 0 Å². The Balaban J connectivity index is 1.18. The van der Waals surface area contributed by atoms with Crippen LogP contribution in [0.5, 0.6) is 0 Å².